The van der Waals surface area contributed by atoms with Crippen molar-refractivity contribution < 1.29 is 4.39 Å². The molecule has 6 rings (SSSR count). The summed E-state index contributed by atoms with van der Waals surface area (Å²) in [6.07, 6.45) is 2.76. The maximum atomic E-state index is 13.8. The van der Waals surface area contributed by atoms with Gasteiger partial charge in [0.25, 0.3) is 5.56 Å². The van der Waals surface area contributed by atoms with Gasteiger partial charge in [0.15, 0.2) is 0 Å². The van der Waals surface area contributed by atoms with E-state index in [1.54, 1.807) is 19.2 Å². The van der Waals surface area contributed by atoms with Crippen molar-refractivity contribution >= 4 is 78.1 Å². The number of anilines is 1. The first kappa shape index (κ1) is 28.9. The SMILES string of the molecule is [B]c1c([B])c([B])c(N/C(NCc2ccc(-c3cccc(F)n3)cc2)=c2\c(=O)n(C)c3n(c2=N)[C@H]2CCC[C@H]2N=3)c([B])c1[B]. The first-order valence-electron chi connectivity index (χ1n) is 13.8. The van der Waals surface area contributed by atoms with Gasteiger partial charge in [-0.2, -0.15) is 4.39 Å². The van der Waals surface area contributed by atoms with Crippen LogP contribution in [-0.4, -0.2) is 59.4 Å². The molecule has 1 aliphatic carbocycles. The number of nitrogens with one attached hydrogen (secondary N) is 3. The molecule has 10 radical (unpaired) electrons. The van der Waals surface area contributed by atoms with Crippen LogP contribution < -0.4 is 59.8 Å². The third-order valence-corrected chi connectivity index (χ3v) is 8.20. The van der Waals surface area contributed by atoms with Crippen molar-refractivity contribution in [1.82, 2.24) is 19.4 Å². The lowest BCUT2D eigenvalue weighted by Crippen LogP contribution is -2.60. The van der Waals surface area contributed by atoms with Crippen molar-refractivity contribution in [2.75, 3.05) is 5.32 Å². The number of rotatable bonds is 6. The van der Waals surface area contributed by atoms with Crippen LogP contribution in [0.5, 0.6) is 0 Å². The fraction of sp³-hybridized carbons (Fsp3) is 0.241. The largest absolute Gasteiger partial charge is 0.367 e. The number of nitrogens with zero attached hydrogens (tertiary/aromatic N) is 4. The van der Waals surface area contributed by atoms with Crippen LogP contribution in [0.15, 0.2) is 52.3 Å². The summed E-state index contributed by atoms with van der Waals surface area (Å²) in [4.78, 5) is 22.5. The number of hydrogen-bond acceptors (Lipinski definition) is 6. The Hall–Kier alpha value is -4.21. The van der Waals surface area contributed by atoms with E-state index < -0.39 is 11.5 Å². The van der Waals surface area contributed by atoms with Gasteiger partial charge in [-0.1, -0.05) is 41.3 Å². The number of pyridine rings is 1. The first-order valence-corrected chi connectivity index (χ1v) is 13.8. The van der Waals surface area contributed by atoms with Crippen LogP contribution in [0.1, 0.15) is 30.9 Å². The highest BCUT2D eigenvalue weighted by Gasteiger charge is 2.35. The van der Waals surface area contributed by atoms with Crippen LogP contribution in [-0.2, 0) is 13.6 Å². The van der Waals surface area contributed by atoms with E-state index in [9.17, 15) is 14.6 Å². The predicted octanol–water partition coefficient (Wildman–Crippen LogP) is -3.47. The average Bonchev–Trinajstić information content (AvgIpc) is 3.61. The molecule has 0 saturated heterocycles. The lowest BCUT2D eigenvalue weighted by molar-refractivity contribution is 0.465. The Kier molecular flexibility index (Phi) is 7.48. The van der Waals surface area contributed by atoms with Crippen molar-refractivity contribution in [3.63, 3.8) is 0 Å². The normalized spacial score (nSPS) is 17.6. The molecule has 0 spiro atoms. The lowest BCUT2D eigenvalue weighted by Gasteiger charge is -2.24. The first-order chi connectivity index (χ1) is 20.6. The minimum atomic E-state index is -0.562. The van der Waals surface area contributed by atoms with E-state index >= 15 is 0 Å². The zero-order valence-corrected chi connectivity index (χ0v) is 23.5. The Balaban J connectivity index is 1.47. The highest BCUT2D eigenvalue weighted by Crippen LogP contribution is 2.32. The third kappa shape index (κ3) is 4.96. The van der Waals surface area contributed by atoms with Gasteiger partial charge in [0, 0.05) is 24.8 Å². The predicted molar refractivity (Wildman–Crippen MR) is 170 cm³/mol. The molecule has 2 aromatic heterocycles. The summed E-state index contributed by atoms with van der Waals surface area (Å²) in [5.41, 5.74) is 2.54. The van der Waals surface area contributed by atoms with E-state index in [2.05, 4.69) is 15.6 Å². The summed E-state index contributed by atoms with van der Waals surface area (Å²) >= 11 is 0. The minimum absolute atomic E-state index is 0.00349. The lowest BCUT2D eigenvalue weighted by atomic mass is 9.61. The second-order valence-corrected chi connectivity index (χ2v) is 10.8. The molecule has 8 nitrogen and oxygen atoms in total. The standard InChI is InChI=1S/C29H23B5FN7O/c1-41-28(43)19(26(36)42-17-6-2-5-16(17)39-29(41)42)27(40-25-23(33)21(31)20(30)22(32)24(25)34)37-12-13-8-10-14(11-9-13)15-4-3-7-18(35)38-15/h3-4,7-11,16-17,36-37,40H,2,5-6,12H2,1H3/b27-19-,36-26?/t16-,17+/m1/s1. The third-order valence-electron chi connectivity index (χ3n) is 8.20. The monoisotopic (exact) mass is 559 g/mol. The number of fused-ring (bicyclic) bond motifs is 3. The second-order valence-electron chi connectivity index (χ2n) is 10.8. The van der Waals surface area contributed by atoms with Crippen LogP contribution in [0, 0.1) is 11.4 Å². The molecular weight excluding hydrogens is 535 g/mol. The van der Waals surface area contributed by atoms with Crippen LogP contribution in [0.3, 0.4) is 0 Å². The highest BCUT2D eigenvalue weighted by molar-refractivity contribution is 6.68. The van der Waals surface area contributed by atoms with Crippen molar-refractivity contribution in [3.05, 3.63) is 80.7 Å². The Morgan fingerprint density at radius 3 is 2.35 bits per heavy atom. The van der Waals surface area contributed by atoms with Crippen molar-refractivity contribution in [2.24, 2.45) is 12.0 Å². The van der Waals surface area contributed by atoms with Gasteiger partial charge in [0.2, 0.25) is 11.6 Å². The Labute approximate surface area is 254 Å². The highest BCUT2D eigenvalue weighted by atomic mass is 19.1. The summed E-state index contributed by atoms with van der Waals surface area (Å²) in [5.74, 6) is -0.382. The van der Waals surface area contributed by atoms with Gasteiger partial charge >= 0.3 is 0 Å². The van der Waals surface area contributed by atoms with Crippen molar-refractivity contribution in [2.45, 2.75) is 37.9 Å². The smallest absolute Gasteiger partial charge is 0.267 e. The van der Waals surface area contributed by atoms with Gasteiger partial charge in [-0.3, -0.25) is 19.3 Å². The molecule has 0 unspecified atom stereocenters. The molecule has 0 bridgehead atoms. The summed E-state index contributed by atoms with van der Waals surface area (Å²) in [6.45, 7) is 0.236. The molecule has 43 heavy (non-hydrogen) atoms. The molecule has 2 atom stereocenters. The zero-order valence-electron chi connectivity index (χ0n) is 23.5. The maximum absolute atomic E-state index is 13.8. The topological polar surface area (TPSA) is 100 Å². The van der Waals surface area contributed by atoms with E-state index in [1.165, 1.54) is 10.6 Å². The second kappa shape index (κ2) is 11.1. The number of hydrogen-bond donors (Lipinski definition) is 3. The average molecular weight is 559 g/mol. The van der Waals surface area contributed by atoms with Gasteiger partial charge in [-0.15, -0.1) is 16.4 Å². The zero-order chi connectivity index (χ0) is 30.6. The summed E-state index contributed by atoms with van der Waals surface area (Å²) in [5, 5.41) is 15.6. The molecule has 2 aromatic carbocycles. The van der Waals surface area contributed by atoms with E-state index in [0.29, 0.717) is 11.3 Å². The van der Waals surface area contributed by atoms with E-state index in [4.69, 9.17) is 44.2 Å². The molecule has 4 aromatic rings. The van der Waals surface area contributed by atoms with Gasteiger partial charge in [0.05, 0.1) is 17.8 Å². The van der Waals surface area contributed by atoms with Crippen molar-refractivity contribution in [3.8, 4) is 11.3 Å². The molecular formula is C29H23B5FN7O. The van der Waals surface area contributed by atoms with Crippen molar-refractivity contribution in [1.29, 1.82) is 5.41 Å². The van der Waals surface area contributed by atoms with Gasteiger partial charge in [0.1, 0.15) is 55.8 Å². The molecule has 202 valence electrons. The van der Waals surface area contributed by atoms with Crippen LogP contribution >= 0.6 is 0 Å². The number of benzene rings is 2. The molecule has 3 N–H and O–H groups in total. The molecule has 3 heterocycles. The maximum Gasteiger partial charge on any atom is 0.267 e. The molecule has 2 aliphatic rings. The van der Waals surface area contributed by atoms with Crippen LogP contribution in [0.2, 0.25) is 0 Å². The molecule has 1 aliphatic heterocycles. The Bertz CT molecular complexity index is 2000. The molecule has 0 amide bonds. The quantitative estimate of drug-likeness (QED) is 0.169. The minimum Gasteiger partial charge on any atom is -0.367 e. The summed E-state index contributed by atoms with van der Waals surface area (Å²) in [6, 6.07) is 12.0. The summed E-state index contributed by atoms with van der Waals surface area (Å²) in [7, 11) is 32.5. The number of halogens is 1. The summed E-state index contributed by atoms with van der Waals surface area (Å²) < 4.78 is 16.9. The fourth-order valence-electron chi connectivity index (χ4n) is 5.81. The van der Waals surface area contributed by atoms with Gasteiger partial charge in [-0.25, -0.2) is 9.98 Å². The van der Waals surface area contributed by atoms with Crippen LogP contribution in [0.4, 0.5) is 10.1 Å². The van der Waals surface area contributed by atoms with Gasteiger partial charge < -0.3 is 10.6 Å². The molecule has 1 saturated carbocycles. The van der Waals surface area contributed by atoms with Crippen LogP contribution in [0.25, 0.3) is 17.1 Å². The fourth-order valence-corrected chi connectivity index (χ4v) is 5.81. The van der Waals surface area contributed by atoms with Gasteiger partial charge in [-0.05, 0) is 37.0 Å². The Morgan fingerprint density at radius 1 is 1.00 bits per heavy atom. The Morgan fingerprint density at radius 2 is 1.67 bits per heavy atom. The van der Waals surface area contributed by atoms with E-state index in [1.807, 2.05) is 28.8 Å². The molecule has 14 heteroatoms. The number of aromatic nitrogens is 3. The molecule has 1 fully saturated rings. The van der Waals surface area contributed by atoms with E-state index in [0.717, 1.165) is 30.4 Å². The van der Waals surface area contributed by atoms with E-state index in [-0.39, 0.29) is 68.2 Å².